The normalized spacial score (nSPS) is 11.5. The van der Waals surface area contributed by atoms with Gasteiger partial charge in [0.15, 0.2) is 5.60 Å². The summed E-state index contributed by atoms with van der Waals surface area (Å²) in [5, 5.41) is 16.0. The smallest absolute Gasteiger partial charge is 0.267 e. The fourth-order valence-electron chi connectivity index (χ4n) is 2.53. The molecule has 0 bridgehead atoms. The Morgan fingerprint density at radius 3 is 2.75 bits per heavy atom. The third kappa shape index (κ3) is 3.90. The van der Waals surface area contributed by atoms with Crippen molar-refractivity contribution in [1.29, 1.82) is 0 Å². The first kappa shape index (κ1) is 18.6. The van der Waals surface area contributed by atoms with E-state index in [1.807, 2.05) is 48.5 Å². The van der Waals surface area contributed by atoms with Gasteiger partial charge in [0.25, 0.3) is 5.91 Å². The van der Waals surface area contributed by atoms with Gasteiger partial charge in [-0.1, -0.05) is 39.4 Å². The highest BCUT2D eigenvalue weighted by molar-refractivity contribution is 9.10. The van der Waals surface area contributed by atoms with Crippen LogP contribution < -0.4 is 10.1 Å². The number of benzene rings is 2. The van der Waals surface area contributed by atoms with Gasteiger partial charge in [0.05, 0.1) is 0 Å². The lowest BCUT2D eigenvalue weighted by molar-refractivity contribution is -0.128. The SMILES string of the molecule is CC(C)(Oc1ccc(Br)cc1)C(=O)Nc1cccc(-c2nn3cnnc3s2)c1. The molecule has 142 valence electrons. The minimum atomic E-state index is -1.04. The van der Waals surface area contributed by atoms with Crippen molar-refractivity contribution in [2.45, 2.75) is 19.4 Å². The maximum absolute atomic E-state index is 12.8. The average molecular weight is 458 g/mol. The Balaban J connectivity index is 1.50. The van der Waals surface area contributed by atoms with E-state index in [0.717, 1.165) is 15.0 Å². The molecule has 4 aromatic rings. The minimum Gasteiger partial charge on any atom is -0.478 e. The number of hydrogen-bond acceptors (Lipinski definition) is 6. The molecular formula is C19H16BrN5O2S. The van der Waals surface area contributed by atoms with Crippen molar-refractivity contribution in [3.8, 4) is 16.3 Å². The predicted octanol–water partition coefficient (Wildman–Crippen LogP) is 4.41. The van der Waals surface area contributed by atoms with Crippen LogP contribution in [-0.4, -0.2) is 31.3 Å². The van der Waals surface area contributed by atoms with E-state index >= 15 is 0 Å². The Morgan fingerprint density at radius 1 is 1.21 bits per heavy atom. The number of amides is 1. The van der Waals surface area contributed by atoms with Crippen LogP contribution in [0.2, 0.25) is 0 Å². The first-order valence-electron chi connectivity index (χ1n) is 8.44. The molecule has 2 aromatic heterocycles. The van der Waals surface area contributed by atoms with Gasteiger partial charge in [0, 0.05) is 15.7 Å². The van der Waals surface area contributed by atoms with Crippen molar-refractivity contribution in [2.75, 3.05) is 5.32 Å². The maximum Gasteiger partial charge on any atom is 0.267 e. The van der Waals surface area contributed by atoms with E-state index < -0.39 is 5.60 Å². The third-order valence-electron chi connectivity index (χ3n) is 3.99. The molecule has 2 heterocycles. The lowest BCUT2D eigenvalue weighted by Gasteiger charge is -2.25. The topological polar surface area (TPSA) is 81.4 Å². The Labute approximate surface area is 173 Å². The summed E-state index contributed by atoms with van der Waals surface area (Å²) in [5.74, 6) is 0.377. The molecular weight excluding hydrogens is 442 g/mol. The van der Waals surface area contributed by atoms with Gasteiger partial charge < -0.3 is 10.1 Å². The van der Waals surface area contributed by atoms with Crippen LogP contribution in [0.15, 0.2) is 59.3 Å². The zero-order valence-corrected chi connectivity index (χ0v) is 17.5. The lowest BCUT2D eigenvalue weighted by Crippen LogP contribution is -2.42. The van der Waals surface area contributed by atoms with Gasteiger partial charge in [0.2, 0.25) is 4.96 Å². The fraction of sp³-hybridized carbons (Fsp3) is 0.158. The van der Waals surface area contributed by atoms with Crippen LogP contribution >= 0.6 is 27.3 Å². The summed E-state index contributed by atoms with van der Waals surface area (Å²) in [4.78, 5) is 13.5. The van der Waals surface area contributed by atoms with Gasteiger partial charge in [-0.25, -0.2) is 0 Å². The summed E-state index contributed by atoms with van der Waals surface area (Å²) in [6, 6.07) is 14.9. The molecule has 0 aliphatic rings. The Hall–Kier alpha value is -2.78. The van der Waals surface area contributed by atoms with Crippen molar-refractivity contribution in [1.82, 2.24) is 19.8 Å². The van der Waals surface area contributed by atoms with Crippen LogP contribution in [0, 0.1) is 0 Å². The van der Waals surface area contributed by atoms with E-state index in [0.29, 0.717) is 16.4 Å². The molecule has 1 N–H and O–H groups in total. The highest BCUT2D eigenvalue weighted by Crippen LogP contribution is 2.28. The van der Waals surface area contributed by atoms with Crippen molar-refractivity contribution in [3.05, 3.63) is 59.3 Å². The van der Waals surface area contributed by atoms with Crippen LogP contribution in [-0.2, 0) is 4.79 Å². The largest absolute Gasteiger partial charge is 0.478 e. The molecule has 0 aliphatic heterocycles. The fourth-order valence-corrected chi connectivity index (χ4v) is 3.61. The van der Waals surface area contributed by atoms with Crippen molar-refractivity contribution in [2.24, 2.45) is 0 Å². The van der Waals surface area contributed by atoms with Crippen LogP contribution in [0.1, 0.15) is 13.8 Å². The second-order valence-electron chi connectivity index (χ2n) is 6.57. The number of rotatable bonds is 5. The summed E-state index contributed by atoms with van der Waals surface area (Å²) in [7, 11) is 0. The lowest BCUT2D eigenvalue weighted by atomic mass is 10.1. The number of nitrogens with one attached hydrogen (secondary N) is 1. The molecule has 0 saturated carbocycles. The number of halogens is 1. The quantitative estimate of drug-likeness (QED) is 0.479. The predicted molar refractivity (Wildman–Crippen MR) is 112 cm³/mol. The second kappa shape index (κ2) is 7.33. The molecule has 0 aliphatic carbocycles. The molecule has 0 spiro atoms. The Morgan fingerprint density at radius 2 is 2.00 bits per heavy atom. The number of fused-ring (bicyclic) bond motifs is 1. The van der Waals surface area contributed by atoms with Crippen molar-refractivity contribution >= 4 is 43.8 Å². The third-order valence-corrected chi connectivity index (χ3v) is 5.48. The van der Waals surface area contributed by atoms with E-state index in [1.54, 1.807) is 24.7 Å². The molecule has 0 saturated heterocycles. The molecule has 28 heavy (non-hydrogen) atoms. The molecule has 9 heteroatoms. The Kier molecular flexibility index (Phi) is 4.86. The summed E-state index contributed by atoms with van der Waals surface area (Å²) < 4.78 is 8.45. The molecule has 4 rings (SSSR count). The van der Waals surface area contributed by atoms with Gasteiger partial charge in [-0.15, -0.1) is 10.2 Å². The average Bonchev–Trinajstić information content (AvgIpc) is 3.26. The van der Waals surface area contributed by atoms with Gasteiger partial charge >= 0.3 is 0 Å². The highest BCUT2D eigenvalue weighted by Gasteiger charge is 2.30. The van der Waals surface area contributed by atoms with Gasteiger partial charge in [-0.2, -0.15) is 9.61 Å². The van der Waals surface area contributed by atoms with Gasteiger partial charge in [-0.3, -0.25) is 4.79 Å². The summed E-state index contributed by atoms with van der Waals surface area (Å²) >= 11 is 4.81. The Bertz CT molecular complexity index is 1110. The molecule has 0 radical (unpaired) electrons. The molecule has 7 nitrogen and oxygen atoms in total. The number of hydrogen-bond donors (Lipinski definition) is 1. The number of anilines is 1. The first-order valence-corrected chi connectivity index (χ1v) is 10.0. The molecule has 2 aromatic carbocycles. The zero-order chi connectivity index (χ0) is 19.7. The molecule has 0 fully saturated rings. The monoisotopic (exact) mass is 457 g/mol. The maximum atomic E-state index is 12.8. The van der Waals surface area contributed by atoms with Gasteiger partial charge in [0.1, 0.15) is 17.1 Å². The summed E-state index contributed by atoms with van der Waals surface area (Å²) in [5.41, 5.74) is 0.512. The van der Waals surface area contributed by atoms with E-state index in [2.05, 4.69) is 36.5 Å². The summed E-state index contributed by atoms with van der Waals surface area (Å²) in [6.07, 6.45) is 1.56. The van der Waals surface area contributed by atoms with Crippen LogP contribution in [0.5, 0.6) is 5.75 Å². The van der Waals surface area contributed by atoms with Crippen LogP contribution in [0.4, 0.5) is 5.69 Å². The molecule has 0 atom stereocenters. The van der Waals surface area contributed by atoms with E-state index in [9.17, 15) is 4.79 Å². The molecule has 1 amide bonds. The van der Waals surface area contributed by atoms with Crippen molar-refractivity contribution < 1.29 is 9.53 Å². The second-order valence-corrected chi connectivity index (χ2v) is 8.44. The number of ether oxygens (including phenoxy) is 1. The first-order chi connectivity index (χ1) is 13.4. The van der Waals surface area contributed by atoms with Gasteiger partial charge in [-0.05, 0) is 50.2 Å². The number of carbonyl (C=O) groups excluding carboxylic acids is 1. The standard InChI is InChI=1S/C19H16BrN5O2S/c1-19(2,27-15-8-6-13(20)7-9-15)17(26)22-14-5-3-4-12(10-14)16-24-25-11-21-23-18(25)28-16/h3-11H,1-2H3,(H,22,26). The van der Waals surface area contributed by atoms with Crippen LogP contribution in [0.25, 0.3) is 15.5 Å². The van der Waals surface area contributed by atoms with E-state index in [1.165, 1.54) is 11.3 Å². The number of carbonyl (C=O) groups is 1. The molecule has 0 unspecified atom stereocenters. The summed E-state index contributed by atoms with van der Waals surface area (Å²) in [6.45, 7) is 3.47. The highest BCUT2D eigenvalue weighted by atomic mass is 79.9. The van der Waals surface area contributed by atoms with E-state index in [4.69, 9.17) is 4.74 Å². The van der Waals surface area contributed by atoms with E-state index in [-0.39, 0.29) is 5.91 Å². The van der Waals surface area contributed by atoms with Crippen molar-refractivity contribution in [3.63, 3.8) is 0 Å². The number of nitrogens with zero attached hydrogens (tertiary/aromatic N) is 4. The van der Waals surface area contributed by atoms with Crippen LogP contribution in [0.3, 0.4) is 0 Å². The zero-order valence-electron chi connectivity index (χ0n) is 15.1. The number of aromatic nitrogens is 4. The minimum absolute atomic E-state index is 0.245.